The van der Waals surface area contributed by atoms with E-state index >= 15 is 0 Å². The first-order valence-corrected chi connectivity index (χ1v) is 14.8. The van der Waals surface area contributed by atoms with Gasteiger partial charge in [-0.3, -0.25) is 14.3 Å². The fraction of sp³-hybridized carbons (Fsp3) is 0.414. The maximum Gasteiger partial charge on any atom is 0.435 e. The number of nitrogens with zero attached hydrogens (tertiary/aromatic N) is 5. The maximum atomic E-state index is 13.7. The number of carbonyl (C=O) groups excluding carboxylic acids is 3. The largest absolute Gasteiger partial charge is 0.435 e. The van der Waals surface area contributed by atoms with Gasteiger partial charge in [0.2, 0.25) is 0 Å². The van der Waals surface area contributed by atoms with Crippen LogP contribution >= 0.6 is 11.6 Å². The Morgan fingerprint density at radius 2 is 1.93 bits per heavy atom. The van der Waals surface area contributed by atoms with Crippen LogP contribution in [0.2, 0.25) is 5.02 Å². The first-order chi connectivity index (χ1) is 21.4. The third kappa shape index (κ3) is 6.14. The lowest BCUT2D eigenvalue weighted by Gasteiger charge is -2.23. The molecule has 4 atom stereocenters. The Morgan fingerprint density at radius 3 is 2.58 bits per heavy atom. The van der Waals surface area contributed by atoms with Gasteiger partial charge in [0.1, 0.15) is 0 Å². The first kappa shape index (κ1) is 30.6. The van der Waals surface area contributed by atoms with E-state index in [4.69, 9.17) is 11.6 Å². The highest BCUT2D eigenvalue weighted by Gasteiger charge is 2.57. The number of aromatic nitrogens is 4. The Bertz CT molecular complexity index is 1650. The minimum atomic E-state index is -4.72. The number of amides is 4. The molecule has 1 saturated carbocycles. The fourth-order valence-electron chi connectivity index (χ4n) is 6.06. The molecule has 1 aromatic carbocycles. The van der Waals surface area contributed by atoms with Gasteiger partial charge in [-0.05, 0) is 31.2 Å². The molecule has 6 rings (SSSR count). The van der Waals surface area contributed by atoms with Gasteiger partial charge in [-0.15, -0.1) is 6.58 Å². The highest BCUT2D eigenvalue weighted by molar-refractivity contribution is 6.34. The van der Waals surface area contributed by atoms with Crippen molar-refractivity contribution in [3.05, 3.63) is 65.4 Å². The number of carbonyl (C=O) groups is 3. The lowest BCUT2D eigenvalue weighted by atomic mass is 10.2. The van der Waals surface area contributed by atoms with E-state index in [0.717, 1.165) is 24.2 Å². The van der Waals surface area contributed by atoms with Gasteiger partial charge in [-0.2, -0.15) is 18.3 Å². The van der Waals surface area contributed by atoms with Gasteiger partial charge >= 0.3 is 12.2 Å². The van der Waals surface area contributed by atoms with Gasteiger partial charge < -0.3 is 30.7 Å². The number of hydrogen-bond donors (Lipinski definition) is 4. The number of alkyl halides is 3. The number of piperidine rings is 1. The summed E-state index contributed by atoms with van der Waals surface area (Å²) in [6, 6.07) is 4.41. The second-order valence-corrected chi connectivity index (χ2v) is 11.9. The van der Waals surface area contributed by atoms with Crippen LogP contribution in [0.3, 0.4) is 0 Å². The Morgan fingerprint density at radius 1 is 1.18 bits per heavy atom. The first-order valence-electron chi connectivity index (χ1n) is 14.4. The van der Waals surface area contributed by atoms with Crippen molar-refractivity contribution in [3.8, 4) is 11.3 Å². The van der Waals surface area contributed by atoms with Crippen molar-refractivity contribution in [2.24, 2.45) is 18.9 Å². The number of allylic oxidation sites excluding steroid dienone is 1. The number of urea groups is 1. The summed E-state index contributed by atoms with van der Waals surface area (Å²) in [5.74, 6) is -0.825. The molecule has 0 radical (unpaired) electrons. The number of halogens is 4. The quantitative estimate of drug-likeness (QED) is 0.278. The standard InChI is InChI=1S/C29H31ClF3N9O3/c1-3-8-42-14-20(24(39-42)29(31,32)33)22-11-35-25(40(22)2)27(44)36-15-4-5-17(21(30)9-15)26(43)38-23-18-12-41(13-19(18)23)28(45)37-16-6-7-34-10-16/h3-5,9,11,14,16,18-19,23,34H,1,6-8,10,12-13H2,2H3,(H,36,44)(H,37,45)(H,38,43)/t16-,18-,19+,23+/m0/s1. The zero-order chi connectivity index (χ0) is 32.0. The van der Waals surface area contributed by atoms with Crippen LogP contribution in [0.4, 0.5) is 23.7 Å². The second-order valence-electron chi connectivity index (χ2n) is 11.4. The molecule has 2 saturated heterocycles. The highest BCUT2D eigenvalue weighted by Crippen LogP contribution is 2.45. The van der Waals surface area contributed by atoms with E-state index < -0.39 is 17.8 Å². The maximum absolute atomic E-state index is 13.7. The summed E-state index contributed by atoms with van der Waals surface area (Å²) < 4.78 is 43.4. The number of hydrogen-bond acceptors (Lipinski definition) is 6. The molecule has 16 heteroatoms. The molecule has 0 bridgehead atoms. The normalized spacial score (nSPS) is 22.2. The number of fused-ring (bicyclic) bond motifs is 1. The van der Waals surface area contributed by atoms with Gasteiger partial charge in [-0.25, -0.2) is 9.78 Å². The Balaban J connectivity index is 1.06. The van der Waals surface area contributed by atoms with E-state index in [1.165, 1.54) is 48.3 Å². The third-order valence-electron chi connectivity index (χ3n) is 8.45. The summed E-state index contributed by atoms with van der Waals surface area (Å²) in [6.45, 7) is 6.41. The van der Waals surface area contributed by atoms with Crippen LogP contribution in [0.15, 0.2) is 43.2 Å². The molecule has 4 amide bonds. The zero-order valence-electron chi connectivity index (χ0n) is 24.2. The summed E-state index contributed by atoms with van der Waals surface area (Å²) in [7, 11) is 1.43. The summed E-state index contributed by atoms with van der Waals surface area (Å²) in [5.41, 5.74) is -0.793. The number of rotatable bonds is 8. The molecule has 1 aliphatic carbocycles. The molecule has 3 fully saturated rings. The minimum Gasteiger partial charge on any atom is -0.349 e. The monoisotopic (exact) mass is 645 g/mol. The van der Waals surface area contributed by atoms with E-state index in [9.17, 15) is 27.6 Å². The number of benzene rings is 1. The Labute approximate surface area is 261 Å². The van der Waals surface area contributed by atoms with E-state index in [-0.39, 0.29) is 75.8 Å². The number of likely N-dealkylation sites (tertiary alicyclic amines) is 1. The van der Waals surface area contributed by atoms with E-state index in [2.05, 4.69) is 37.9 Å². The molecule has 4 heterocycles. The lowest BCUT2D eigenvalue weighted by Crippen LogP contribution is -2.46. The summed E-state index contributed by atoms with van der Waals surface area (Å²) in [6.07, 6.45) is 0.00577. The molecular weight excluding hydrogens is 615 g/mol. The van der Waals surface area contributed by atoms with Crippen LogP contribution in [-0.2, 0) is 19.8 Å². The molecule has 0 spiro atoms. The van der Waals surface area contributed by atoms with E-state index in [0.29, 0.717) is 13.1 Å². The highest BCUT2D eigenvalue weighted by atomic mass is 35.5. The van der Waals surface area contributed by atoms with Crippen molar-refractivity contribution in [2.45, 2.75) is 31.2 Å². The number of anilines is 1. The van der Waals surface area contributed by atoms with Crippen LogP contribution in [0, 0.1) is 11.8 Å². The number of imidazole rings is 1. The van der Waals surface area contributed by atoms with Gasteiger partial charge in [0.15, 0.2) is 11.5 Å². The number of nitrogens with one attached hydrogen (secondary N) is 4. The third-order valence-corrected chi connectivity index (χ3v) is 8.76. The molecule has 3 aromatic rings. The van der Waals surface area contributed by atoms with E-state index in [1.807, 2.05) is 0 Å². The average molecular weight is 646 g/mol. The molecule has 12 nitrogen and oxygen atoms in total. The fourth-order valence-corrected chi connectivity index (χ4v) is 6.32. The predicted octanol–water partition coefficient (Wildman–Crippen LogP) is 3.13. The van der Waals surface area contributed by atoms with Crippen LogP contribution in [0.25, 0.3) is 11.3 Å². The molecule has 238 valence electrons. The summed E-state index contributed by atoms with van der Waals surface area (Å²) in [4.78, 5) is 44.4. The molecule has 2 aliphatic heterocycles. The minimum absolute atomic E-state index is 0.0487. The lowest BCUT2D eigenvalue weighted by molar-refractivity contribution is -0.141. The van der Waals surface area contributed by atoms with Crippen molar-refractivity contribution < 1.29 is 27.6 Å². The Hall–Kier alpha value is -4.37. The predicted molar refractivity (Wildman–Crippen MR) is 159 cm³/mol. The van der Waals surface area contributed by atoms with Gasteiger partial charge in [0, 0.05) is 62.5 Å². The van der Waals surface area contributed by atoms with Crippen LogP contribution in [0.1, 0.15) is 33.1 Å². The van der Waals surface area contributed by atoms with Crippen LogP contribution in [-0.4, -0.2) is 80.3 Å². The van der Waals surface area contributed by atoms with Crippen molar-refractivity contribution in [2.75, 3.05) is 31.5 Å². The van der Waals surface area contributed by atoms with Gasteiger partial charge in [0.05, 0.1) is 34.6 Å². The zero-order valence-corrected chi connectivity index (χ0v) is 25.0. The van der Waals surface area contributed by atoms with Crippen molar-refractivity contribution in [1.29, 1.82) is 0 Å². The van der Waals surface area contributed by atoms with Gasteiger partial charge in [-0.1, -0.05) is 17.7 Å². The average Bonchev–Trinajstić information content (AvgIpc) is 3.59. The van der Waals surface area contributed by atoms with Crippen molar-refractivity contribution in [1.82, 2.24) is 40.2 Å². The van der Waals surface area contributed by atoms with Crippen LogP contribution < -0.4 is 21.3 Å². The molecular formula is C29H31ClF3N9O3. The molecule has 45 heavy (non-hydrogen) atoms. The topological polar surface area (TPSA) is 138 Å². The summed E-state index contributed by atoms with van der Waals surface area (Å²) >= 11 is 6.41. The SMILES string of the molecule is C=CCn1cc(-c2cnc(C(=O)Nc3ccc(C(=O)N[C@H]4[C@@H]5CN(C(=O)N[C@H]6CCNC6)C[C@@H]54)c(Cl)c3)n2C)c(C(F)(F)F)n1. The van der Waals surface area contributed by atoms with Gasteiger partial charge in [0.25, 0.3) is 11.8 Å². The molecule has 4 N–H and O–H groups in total. The molecule has 3 aliphatic rings. The van der Waals surface area contributed by atoms with Crippen molar-refractivity contribution >= 4 is 35.1 Å². The smallest absolute Gasteiger partial charge is 0.349 e. The molecule has 0 unspecified atom stereocenters. The Kier molecular flexibility index (Phi) is 8.07. The van der Waals surface area contributed by atoms with E-state index in [1.54, 1.807) is 4.90 Å². The molecule has 2 aromatic heterocycles. The van der Waals surface area contributed by atoms with Crippen LogP contribution in [0.5, 0.6) is 0 Å². The summed E-state index contributed by atoms with van der Waals surface area (Å²) in [5, 5.41) is 15.6. The second kappa shape index (κ2) is 11.9. The van der Waals surface area contributed by atoms with Crippen molar-refractivity contribution in [3.63, 3.8) is 0 Å².